The first-order valence-corrected chi connectivity index (χ1v) is 6.95. The Morgan fingerprint density at radius 1 is 0.667 bits per heavy atom. The van der Waals surface area contributed by atoms with E-state index in [4.69, 9.17) is 11.5 Å². The Hall–Kier alpha value is -3.68. The maximum absolute atomic E-state index is 11.0. The number of carbonyl (C=O) groups is 2. The molecule has 0 aliphatic carbocycles. The third-order valence-corrected chi connectivity index (χ3v) is 2.87. The number of hydrazone groups is 2. The van der Waals surface area contributed by atoms with Gasteiger partial charge >= 0.3 is 12.1 Å². The summed E-state index contributed by atoms with van der Waals surface area (Å²) in [7, 11) is 0. The summed E-state index contributed by atoms with van der Waals surface area (Å²) in [4.78, 5) is 22.1. The Morgan fingerprint density at radius 2 is 1.00 bits per heavy atom. The van der Waals surface area contributed by atoms with Crippen LogP contribution >= 0.6 is 0 Å². The highest BCUT2D eigenvalue weighted by Crippen LogP contribution is 2.10. The molecule has 0 heterocycles. The van der Waals surface area contributed by atoms with Crippen LogP contribution in [0.4, 0.5) is 9.59 Å². The molecule has 0 atom stereocenters. The van der Waals surface area contributed by atoms with Crippen molar-refractivity contribution in [2.24, 2.45) is 21.7 Å². The number of nitrogens with two attached hydrogens (primary N) is 2. The Balaban J connectivity index is 2.56. The van der Waals surface area contributed by atoms with Crippen molar-refractivity contribution in [1.82, 2.24) is 10.9 Å². The molecule has 6 N–H and O–H groups in total. The third kappa shape index (κ3) is 4.67. The van der Waals surface area contributed by atoms with Gasteiger partial charge in [0.25, 0.3) is 0 Å². The van der Waals surface area contributed by atoms with Gasteiger partial charge in [0, 0.05) is 11.1 Å². The van der Waals surface area contributed by atoms with Crippen LogP contribution in [-0.2, 0) is 0 Å². The predicted molar refractivity (Wildman–Crippen MR) is 91.4 cm³/mol. The molecule has 2 aromatic rings. The zero-order valence-corrected chi connectivity index (χ0v) is 12.6. The lowest BCUT2D eigenvalue weighted by Gasteiger charge is -2.11. The molecule has 2 aromatic carbocycles. The fraction of sp³-hybridized carbons (Fsp3) is 0. The van der Waals surface area contributed by atoms with Gasteiger partial charge in [-0.25, -0.2) is 20.4 Å². The van der Waals surface area contributed by atoms with E-state index >= 15 is 0 Å². The van der Waals surface area contributed by atoms with E-state index in [0.29, 0.717) is 22.6 Å². The van der Waals surface area contributed by atoms with Gasteiger partial charge in [-0.15, -0.1) is 0 Å². The van der Waals surface area contributed by atoms with E-state index < -0.39 is 12.1 Å². The van der Waals surface area contributed by atoms with E-state index in [-0.39, 0.29) is 0 Å². The summed E-state index contributed by atoms with van der Waals surface area (Å²) in [5.41, 5.74) is 16.5. The first kappa shape index (κ1) is 16.7. The van der Waals surface area contributed by atoms with Crippen LogP contribution in [0.3, 0.4) is 0 Å². The third-order valence-electron chi connectivity index (χ3n) is 2.87. The first-order valence-electron chi connectivity index (χ1n) is 6.95. The van der Waals surface area contributed by atoms with E-state index in [2.05, 4.69) is 21.1 Å². The summed E-state index contributed by atoms with van der Waals surface area (Å²) in [6, 6.07) is 16.4. The molecule has 24 heavy (non-hydrogen) atoms. The fourth-order valence-electron chi connectivity index (χ4n) is 1.92. The molecule has 8 nitrogen and oxygen atoms in total. The molecule has 0 aliphatic heterocycles. The molecule has 0 aromatic heterocycles. The molecule has 4 amide bonds. The lowest BCUT2D eigenvalue weighted by atomic mass is 10.00. The van der Waals surface area contributed by atoms with Crippen molar-refractivity contribution < 1.29 is 9.59 Å². The maximum atomic E-state index is 11.0. The van der Waals surface area contributed by atoms with Gasteiger partial charge in [-0.2, -0.15) is 10.2 Å². The zero-order chi connectivity index (χ0) is 17.4. The minimum Gasteiger partial charge on any atom is -0.350 e. The lowest BCUT2D eigenvalue weighted by molar-refractivity contribution is 0.248. The van der Waals surface area contributed by atoms with Crippen LogP contribution in [-0.4, -0.2) is 23.5 Å². The largest absolute Gasteiger partial charge is 0.350 e. The van der Waals surface area contributed by atoms with Gasteiger partial charge in [0.15, 0.2) is 0 Å². The first-order chi connectivity index (χ1) is 11.6. The van der Waals surface area contributed by atoms with Crippen molar-refractivity contribution in [2.75, 3.05) is 0 Å². The summed E-state index contributed by atoms with van der Waals surface area (Å²) in [5.74, 6) is 0. The molecule has 0 radical (unpaired) electrons. The summed E-state index contributed by atoms with van der Waals surface area (Å²) in [6.07, 6.45) is 0. The number of hydrogen-bond donors (Lipinski definition) is 4. The number of benzene rings is 2. The van der Waals surface area contributed by atoms with Crippen LogP contribution in [0.2, 0.25) is 0 Å². The summed E-state index contributed by atoms with van der Waals surface area (Å²) < 4.78 is 0. The van der Waals surface area contributed by atoms with Crippen LogP contribution in [0.1, 0.15) is 11.1 Å². The van der Waals surface area contributed by atoms with E-state index in [1.54, 1.807) is 48.5 Å². The molecule has 0 unspecified atom stereocenters. The highest BCUT2D eigenvalue weighted by Gasteiger charge is 2.15. The standard InChI is InChI=1S/C16H16N6O2/c17-15(23)21-19-13(11-7-3-1-4-8-11)14(20-22-16(18)24)12-9-5-2-6-10-12/h1-10H,(H3,17,21,23)(H3,18,22,24). The molecule has 0 fully saturated rings. The number of amides is 4. The number of nitrogens with zero attached hydrogens (tertiary/aromatic N) is 2. The normalized spacial score (nSPS) is 11.7. The Kier molecular flexibility index (Phi) is 5.62. The second-order valence-electron chi connectivity index (χ2n) is 4.60. The topological polar surface area (TPSA) is 135 Å². The second-order valence-corrected chi connectivity index (χ2v) is 4.60. The van der Waals surface area contributed by atoms with Crippen molar-refractivity contribution in [3.05, 3.63) is 71.8 Å². The number of carbonyl (C=O) groups excluding carboxylic acids is 2. The van der Waals surface area contributed by atoms with Gasteiger partial charge in [-0.1, -0.05) is 60.7 Å². The number of primary amides is 2. The number of nitrogens with one attached hydrogen (secondary N) is 2. The smallest absolute Gasteiger partial charge is 0.332 e. The average molecular weight is 324 g/mol. The van der Waals surface area contributed by atoms with Crippen LogP contribution in [0.5, 0.6) is 0 Å². The Morgan fingerprint density at radius 3 is 1.29 bits per heavy atom. The van der Waals surface area contributed by atoms with Crippen molar-refractivity contribution in [2.45, 2.75) is 0 Å². The van der Waals surface area contributed by atoms with Crippen molar-refractivity contribution in [3.8, 4) is 0 Å². The van der Waals surface area contributed by atoms with Gasteiger partial charge in [0.1, 0.15) is 11.4 Å². The van der Waals surface area contributed by atoms with Gasteiger partial charge in [0.2, 0.25) is 0 Å². The molecular weight excluding hydrogens is 308 g/mol. The van der Waals surface area contributed by atoms with E-state index in [9.17, 15) is 9.59 Å². The van der Waals surface area contributed by atoms with Crippen LogP contribution in [0, 0.1) is 0 Å². The van der Waals surface area contributed by atoms with Crippen LogP contribution in [0.15, 0.2) is 70.9 Å². The van der Waals surface area contributed by atoms with Crippen LogP contribution in [0.25, 0.3) is 0 Å². The lowest BCUT2D eigenvalue weighted by Crippen LogP contribution is -2.31. The SMILES string of the molecule is NC(=O)NN=C(C(=NNC(N)=O)c1ccccc1)c1ccccc1. The summed E-state index contributed by atoms with van der Waals surface area (Å²) in [5, 5.41) is 8.03. The van der Waals surface area contributed by atoms with Gasteiger partial charge in [-0.3, -0.25) is 0 Å². The predicted octanol–water partition coefficient (Wildman–Crippen LogP) is 1.13. The van der Waals surface area contributed by atoms with E-state index in [1.165, 1.54) is 0 Å². The van der Waals surface area contributed by atoms with Gasteiger partial charge < -0.3 is 11.5 Å². The molecule has 122 valence electrons. The molecule has 0 saturated heterocycles. The average Bonchev–Trinajstić information content (AvgIpc) is 2.59. The number of urea groups is 2. The zero-order valence-electron chi connectivity index (χ0n) is 12.6. The number of rotatable bonds is 5. The molecule has 0 saturated carbocycles. The van der Waals surface area contributed by atoms with Crippen molar-refractivity contribution >= 4 is 23.5 Å². The summed E-state index contributed by atoms with van der Waals surface area (Å²) >= 11 is 0. The van der Waals surface area contributed by atoms with Crippen LogP contribution < -0.4 is 22.3 Å². The molecule has 8 heteroatoms. The highest BCUT2D eigenvalue weighted by atomic mass is 16.2. The van der Waals surface area contributed by atoms with E-state index in [1.807, 2.05) is 12.1 Å². The van der Waals surface area contributed by atoms with Crippen molar-refractivity contribution in [1.29, 1.82) is 0 Å². The molecule has 0 aliphatic rings. The van der Waals surface area contributed by atoms with Crippen molar-refractivity contribution in [3.63, 3.8) is 0 Å². The quantitative estimate of drug-likeness (QED) is 0.484. The summed E-state index contributed by atoms with van der Waals surface area (Å²) in [6.45, 7) is 0. The Labute approximate surface area is 138 Å². The maximum Gasteiger partial charge on any atom is 0.332 e. The molecule has 0 spiro atoms. The number of hydrogen-bond acceptors (Lipinski definition) is 4. The molecular formula is C16H16N6O2. The highest BCUT2D eigenvalue weighted by molar-refractivity contribution is 6.53. The van der Waals surface area contributed by atoms with E-state index in [0.717, 1.165) is 0 Å². The minimum atomic E-state index is -0.821. The van der Waals surface area contributed by atoms with Gasteiger partial charge in [-0.05, 0) is 0 Å². The fourth-order valence-corrected chi connectivity index (χ4v) is 1.92. The van der Waals surface area contributed by atoms with Gasteiger partial charge in [0.05, 0.1) is 0 Å². The molecule has 2 rings (SSSR count). The Bertz CT molecular complexity index is 704. The molecule has 0 bridgehead atoms. The monoisotopic (exact) mass is 324 g/mol. The minimum absolute atomic E-state index is 0.314. The second kappa shape index (κ2) is 8.08.